The summed E-state index contributed by atoms with van der Waals surface area (Å²) < 4.78 is 6.72. The van der Waals surface area contributed by atoms with Gasteiger partial charge in [0.25, 0.3) is 0 Å². The average molecular weight is 426 g/mol. The van der Waals surface area contributed by atoms with Crippen LogP contribution in [-0.4, -0.2) is 29.3 Å². The van der Waals surface area contributed by atoms with Gasteiger partial charge >= 0.3 is 147 Å². The van der Waals surface area contributed by atoms with Gasteiger partial charge in [-0.05, 0) is 0 Å². The maximum atomic E-state index is 12.9. The number of hydrogen-bond acceptors (Lipinski definition) is 2. The number of para-hydroxylation sites is 1. The van der Waals surface area contributed by atoms with Gasteiger partial charge in [0.05, 0.1) is 0 Å². The van der Waals surface area contributed by atoms with E-state index in [2.05, 4.69) is 19.8 Å². The monoisotopic (exact) mass is 427 g/mol. The fraction of sp³-hybridized carbons (Fsp3) is 0.150. The first kappa shape index (κ1) is 16.8. The molecule has 0 fully saturated rings. The Balaban J connectivity index is 2.07. The summed E-state index contributed by atoms with van der Waals surface area (Å²) >= 11 is -2.51. The summed E-state index contributed by atoms with van der Waals surface area (Å²) in [6, 6.07) is 19.2. The molecule has 3 nitrogen and oxygen atoms in total. The Morgan fingerprint density at radius 3 is 2.08 bits per heavy atom. The molecule has 0 bridgehead atoms. The molecule has 1 heterocycles. The van der Waals surface area contributed by atoms with E-state index in [1.54, 1.807) is 12.1 Å². The van der Waals surface area contributed by atoms with Crippen molar-refractivity contribution in [2.24, 2.45) is 0 Å². The zero-order chi connectivity index (χ0) is 17.2. The molecule has 0 aliphatic heterocycles. The fourth-order valence-electron chi connectivity index (χ4n) is 2.72. The van der Waals surface area contributed by atoms with E-state index in [0.717, 1.165) is 14.8 Å². The summed E-state index contributed by atoms with van der Waals surface area (Å²) in [7, 11) is 0. The van der Waals surface area contributed by atoms with Crippen LogP contribution < -0.4 is 8.45 Å². The minimum absolute atomic E-state index is 0.289. The standard InChI is InChI=1S/C17H12NO2.3CH3.Sn/c19-17(20-14-9-5-2-6-10-14)16-12-18-11-15(16)13-7-3-1-4-8-13;;;;/h1-11,18H;3*1H3;. The second-order valence-corrected chi connectivity index (χ2v) is 21.0. The Morgan fingerprint density at radius 2 is 1.50 bits per heavy atom. The van der Waals surface area contributed by atoms with E-state index in [1.807, 2.05) is 54.7 Å². The molecule has 4 heteroatoms. The van der Waals surface area contributed by atoms with Crippen molar-refractivity contribution in [2.75, 3.05) is 0 Å². The molecule has 0 saturated heterocycles. The number of aromatic nitrogens is 1. The van der Waals surface area contributed by atoms with E-state index < -0.39 is 18.4 Å². The van der Waals surface area contributed by atoms with E-state index in [1.165, 1.54) is 0 Å². The Hall–Kier alpha value is -2.01. The van der Waals surface area contributed by atoms with E-state index in [-0.39, 0.29) is 5.97 Å². The van der Waals surface area contributed by atoms with Gasteiger partial charge < -0.3 is 0 Å². The molecule has 1 aromatic heterocycles. The van der Waals surface area contributed by atoms with Gasteiger partial charge in [0.2, 0.25) is 0 Å². The quantitative estimate of drug-likeness (QED) is 0.381. The summed E-state index contributed by atoms with van der Waals surface area (Å²) in [6.45, 7) is 0. The zero-order valence-electron chi connectivity index (χ0n) is 14.2. The van der Waals surface area contributed by atoms with Crippen molar-refractivity contribution in [3.63, 3.8) is 0 Å². The molecule has 3 rings (SSSR count). The summed E-state index contributed by atoms with van der Waals surface area (Å²) in [5.74, 6) is 0.278. The minimum atomic E-state index is -2.51. The first-order valence-corrected chi connectivity index (χ1v) is 18.0. The number of carbonyl (C=O) groups excluding carboxylic acids is 1. The fourth-order valence-corrected chi connectivity index (χ4v) is 6.98. The predicted molar refractivity (Wildman–Crippen MR) is 101 cm³/mol. The molecule has 24 heavy (non-hydrogen) atoms. The number of carbonyl (C=O) groups is 1. The van der Waals surface area contributed by atoms with Crippen LogP contribution >= 0.6 is 0 Å². The van der Waals surface area contributed by atoms with Gasteiger partial charge in [0.15, 0.2) is 0 Å². The van der Waals surface area contributed by atoms with E-state index >= 15 is 0 Å². The Bertz CT molecular complexity index is 833. The molecule has 0 spiro atoms. The van der Waals surface area contributed by atoms with Gasteiger partial charge in [0.1, 0.15) is 0 Å². The van der Waals surface area contributed by atoms with Crippen LogP contribution in [0.25, 0.3) is 11.1 Å². The van der Waals surface area contributed by atoms with Crippen LogP contribution in [0.5, 0.6) is 5.75 Å². The normalized spacial score (nSPS) is 11.3. The van der Waals surface area contributed by atoms with Crippen LogP contribution in [0.1, 0.15) is 10.4 Å². The van der Waals surface area contributed by atoms with Crippen LogP contribution in [0.2, 0.25) is 14.8 Å². The summed E-state index contributed by atoms with van der Waals surface area (Å²) in [5.41, 5.74) is 2.63. The molecule has 0 unspecified atom stereocenters. The van der Waals surface area contributed by atoms with Gasteiger partial charge in [-0.25, -0.2) is 0 Å². The summed E-state index contributed by atoms with van der Waals surface area (Å²) in [6.07, 6.45) is 1.94. The van der Waals surface area contributed by atoms with E-state index in [9.17, 15) is 4.79 Å². The Morgan fingerprint density at radius 1 is 0.917 bits per heavy atom. The molecule has 2 aromatic carbocycles. The first-order chi connectivity index (χ1) is 11.5. The zero-order valence-corrected chi connectivity index (χ0v) is 17.0. The van der Waals surface area contributed by atoms with Crippen molar-refractivity contribution >= 4 is 28.1 Å². The Kier molecular flexibility index (Phi) is 4.80. The number of esters is 1. The van der Waals surface area contributed by atoms with Crippen molar-refractivity contribution in [2.45, 2.75) is 14.8 Å². The number of nitrogens with one attached hydrogen (secondary N) is 1. The average Bonchev–Trinajstić information content (AvgIpc) is 3.02. The third kappa shape index (κ3) is 3.56. The molecule has 3 aromatic rings. The molecular formula is C20H21NO2Sn. The van der Waals surface area contributed by atoms with Crippen molar-refractivity contribution in [3.8, 4) is 16.9 Å². The second-order valence-electron chi connectivity index (χ2n) is 6.77. The van der Waals surface area contributed by atoms with Crippen LogP contribution in [-0.2, 0) is 0 Å². The first-order valence-electron chi connectivity index (χ1n) is 8.01. The van der Waals surface area contributed by atoms with Crippen molar-refractivity contribution < 1.29 is 9.53 Å². The molecule has 0 aliphatic rings. The molecule has 0 saturated carbocycles. The maximum absolute atomic E-state index is 12.9. The van der Waals surface area contributed by atoms with Crippen LogP contribution in [0, 0.1) is 0 Å². The van der Waals surface area contributed by atoms with Gasteiger partial charge in [0, 0.05) is 0 Å². The number of benzene rings is 2. The van der Waals surface area contributed by atoms with Crippen molar-refractivity contribution in [1.82, 2.24) is 4.98 Å². The van der Waals surface area contributed by atoms with Crippen molar-refractivity contribution in [1.29, 1.82) is 0 Å². The second kappa shape index (κ2) is 6.85. The van der Waals surface area contributed by atoms with Crippen LogP contribution in [0.15, 0.2) is 66.9 Å². The third-order valence-electron chi connectivity index (χ3n) is 3.87. The number of ether oxygens (including phenoxy) is 1. The van der Waals surface area contributed by atoms with Gasteiger partial charge in [-0.15, -0.1) is 0 Å². The van der Waals surface area contributed by atoms with Crippen LogP contribution in [0.4, 0.5) is 0 Å². The topological polar surface area (TPSA) is 42.1 Å². The summed E-state index contributed by atoms with van der Waals surface area (Å²) in [5, 5.41) is 0. The number of aromatic amines is 1. The van der Waals surface area contributed by atoms with E-state index in [4.69, 9.17) is 4.74 Å². The van der Waals surface area contributed by atoms with Gasteiger partial charge in [-0.2, -0.15) is 0 Å². The molecule has 1 N–H and O–H groups in total. The summed E-state index contributed by atoms with van der Waals surface area (Å²) in [4.78, 5) is 23.2. The predicted octanol–water partition coefficient (Wildman–Crippen LogP) is 4.45. The van der Waals surface area contributed by atoms with Gasteiger partial charge in [-0.1, -0.05) is 0 Å². The third-order valence-corrected chi connectivity index (χ3v) is 9.28. The molecular weight excluding hydrogens is 405 g/mol. The SMILES string of the molecule is [CH3][Sn]([CH3])([CH3])[c]1[nH]cc(-c2ccccc2)c1C(=O)Oc1ccccc1. The van der Waals surface area contributed by atoms with Gasteiger partial charge in [-0.3, -0.25) is 0 Å². The number of H-pyrrole nitrogens is 1. The Labute approximate surface area is 146 Å². The molecule has 0 radical (unpaired) electrons. The number of hydrogen-bond donors (Lipinski definition) is 1. The number of rotatable bonds is 4. The van der Waals surface area contributed by atoms with E-state index in [0.29, 0.717) is 11.3 Å². The molecule has 0 aliphatic carbocycles. The van der Waals surface area contributed by atoms with Crippen LogP contribution in [0.3, 0.4) is 0 Å². The molecule has 122 valence electrons. The molecule has 0 atom stereocenters. The van der Waals surface area contributed by atoms with Crippen molar-refractivity contribution in [3.05, 3.63) is 72.4 Å². The molecule has 0 amide bonds.